The van der Waals surface area contributed by atoms with Crippen LogP contribution < -0.4 is 5.32 Å². The van der Waals surface area contributed by atoms with Crippen LogP contribution in [0.15, 0.2) is 67.0 Å². The number of nitrogens with one attached hydrogen (secondary N) is 1. The number of aliphatic hydroxyl groups is 1. The maximum atomic E-state index is 11.5. The van der Waals surface area contributed by atoms with E-state index in [4.69, 9.17) is 21.7 Å². The molecule has 3 N–H and O–H groups in total. The molecule has 4 aromatic rings. The highest BCUT2D eigenvalue weighted by Gasteiger charge is 2.17. The lowest BCUT2D eigenvalue weighted by molar-refractivity contribution is -0.136. The van der Waals surface area contributed by atoms with Gasteiger partial charge in [-0.05, 0) is 98.0 Å². The Balaban J connectivity index is 0.000000623. The van der Waals surface area contributed by atoms with Crippen molar-refractivity contribution >= 4 is 34.3 Å². The molecular formula is C28H30ClN3O3. The molecule has 182 valence electrons. The van der Waals surface area contributed by atoms with E-state index in [2.05, 4.69) is 10.3 Å². The van der Waals surface area contributed by atoms with Gasteiger partial charge in [0.15, 0.2) is 0 Å². The van der Waals surface area contributed by atoms with Crippen LogP contribution in [-0.2, 0) is 17.8 Å². The van der Waals surface area contributed by atoms with E-state index in [1.54, 1.807) is 33.2 Å². The summed E-state index contributed by atoms with van der Waals surface area (Å²) < 4.78 is 0. The van der Waals surface area contributed by atoms with Crippen LogP contribution in [0.5, 0.6) is 0 Å². The maximum absolute atomic E-state index is 11.5. The fraction of sp³-hybridized carbons (Fsp3) is 0.250. The van der Waals surface area contributed by atoms with E-state index in [-0.39, 0.29) is 6.42 Å². The lowest BCUT2D eigenvalue weighted by Gasteiger charge is -2.16. The highest BCUT2D eigenvalue weighted by atomic mass is 35.5. The molecule has 0 saturated heterocycles. The van der Waals surface area contributed by atoms with Crippen LogP contribution in [0.4, 0.5) is 5.82 Å². The third-order valence-electron chi connectivity index (χ3n) is 5.01. The molecule has 0 aliphatic rings. The predicted octanol–water partition coefficient (Wildman–Crippen LogP) is 6.28. The van der Waals surface area contributed by atoms with E-state index in [1.165, 1.54) is 0 Å². The number of carboxylic acids is 1. The molecule has 2 aromatic heterocycles. The van der Waals surface area contributed by atoms with Crippen LogP contribution >= 0.6 is 11.6 Å². The lowest BCUT2D eigenvalue weighted by Crippen LogP contribution is -2.10. The Morgan fingerprint density at radius 3 is 2.26 bits per heavy atom. The summed E-state index contributed by atoms with van der Waals surface area (Å²) in [5, 5.41) is 22.9. The molecule has 0 spiro atoms. The van der Waals surface area contributed by atoms with Crippen LogP contribution in [0, 0.1) is 6.92 Å². The average molecular weight is 492 g/mol. The second-order valence-electron chi connectivity index (χ2n) is 9.27. The van der Waals surface area contributed by atoms with Gasteiger partial charge in [-0.3, -0.25) is 9.78 Å². The van der Waals surface area contributed by atoms with E-state index >= 15 is 0 Å². The molecule has 7 heteroatoms. The minimum absolute atomic E-state index is 0.0538. The number of anilines is 1. The summed E-state index contributed by atoms with van der Waals surface area (Å²) >= 11 is 6.06. The Morgan fingerprint density at radius 2 is 1.66 bits per heavy atom. The third-order valence-corrected chi connectivity index (χ3v) is 5.26. The van der Waals surface area contributed by atoms with E-state index in [0.29, 0.717) is 11.6 Å². The Morgan fingerprint density at radius 1 is 1.03 bits per heavy atom. The number of aromatic nitrogens is 2. The number of benzene rings is 2. The molecule has 6 nitrogen and oxygen atoms in total. The molecular weight excluding hydrogens is 462 g/mol. The van der Waals surface area contributed by atoms with Gasteiger partial charge >= 0.3 is 5.97 Å². The smallest absolute Gasteiger partial charge is 0.307 e. The van der Waals surface area contributed by atoms with Gasteiger partial charge in [0.25, 0.3) is 0 Å². The molecule has 0 saturated carbocycles. The van der Waals surface area contributed by atoms with Gasteiger partial charge in [-0.1, -0.05) is 23.7 Å². The predicted molar refractivity (Wildman–Crippen MR) is 142 cm³/mol. The van der Waals surface area contributed by atoms with Crippen LogP contribution in [0.1, 0.15) is 37.5 Å². The van der Waals surface area contributed by atoms with Crippen LogP contribution in [0.25, 0.3) is 22.0 Å². The Hall–Kier alpha value is -3.48. The maximum Gasteiger partial charge on any atom is 0.307 e. The molecule has 4 rings (SSSR count). The first-order valence-corrected chi connectivity index (χ1v) is 11.6. The summed E-state index contributed by atoms with van der Waals surface area (Å²) in [6.45, 7) is 7.80. The topological polar surface area (TPSA) is 95.3 Å². The fourth-order valence-corrected chi connectivity index (χ4v) is 3.69. The van der Waals surface area contributed by atoms with Crippen molar-refractivity contribution in [2.24, 2.45) is 0 Å². The van der Waals surface area contributed by atoms with Crippen LogP contribution in [-0.4, -0.2) is 31.8 Å². The average Bonchev–Trinajstić information content (AvgIpc) is 2.78. The van der Waals surface area contributed by atoms with Crippen molar-refractivity contribution in [2.75, 3.05) is 5.32 Å². The summed E-state index contributed by atoms with van der Waals surface area (Å²) in [5.74, 6) is -0.108. The number of nitrogens with zero attached hydrogens (tertiary/aromatic N) is 2. The molecule has 0 bridgehead atoms. The van der Waals surface area contributed by atoms with Crippen LogP contribution in [0.3, 0.4) is 0 Å². The van der Waals surface area contributed by atoms with Gasteiger partial charge in [0.1, 0.15) is 5.82 Å². The number of aliphatic carboxylic acids is 1. The number of aryl methyl sites for hydroxylation is 1. The molecule has 35 heavy (non-hydrogen) atoms. The molecule has 0 fully saturated rings. The van der Waals surface area contributed by atoms with E-state index in [1.807, 2.05) is 61.5 Å². The fourth-order valence-electron chi connectivity index (χ4n) is 3.57. The molecule has 0 aliphatic carbocycles. The number of fused-ring (bicyclic) bond motifs is 1. The third kappa shape index (κ3) is 7.77. The number of carboxylic acid groups (broad SMARTS) is 1. The molecule has 2 aromatic carbocycles. The van der Waals surface area contributed by atoms with Gasteiger partial charge < -0.3 is 15.5 Å². The molecule has 2 heterocycles. The molecule has 0 radical (unpaired) electrons. The Kier molecular flexibility index (Phi) is 8.43. The van der Waals surface area contributed by atoms with Gasteiger partial charge in [0, 0.05) is 29.3 Å². The van der Waals surface area contributed by atoms with Crippen molar-refractivity contribution in [3.63, 3.8) is 0 Å². The highest BCUT2D eigenvalue weighted by Crippen LogP contribution is 2.35. The normalized spacial score (nSPS) is 11.0. The summed E-state index contributed by atoms with van der Waals surface area (Å²) in [7, 11) is 0. The molecule has 0 aliphatic heterocycles. The first-order chi connectivity index (χ1) is 16.5. The highest BCUT2D eigenvalue weighted by molar-refractivity contribution is 6.30. The second-order valence-corrected chi connectivity index (χ2v) is 9.70. The lowest BCUT2D eigenvalue weighted by atomic mass is 9.90. The molecule has 0 amide bonds. The second kappa shape index (κ2) is 11.3. The van der Waals surface area contributed by atoms with Gasteiger partial charge in [0.05, 0.1) is 17.5 Å². The van der Waals surface area contributed by atoms with E-state index in [0.717, 1.165) is 44.5 Å². The summed E-state index contributed by atoms with van der Waals surface area (Å²) in [6, 6.07) is 17.2. The van der Waals surface area contributed by atoms with Gasteiger partial charge in [0.2, 0.25) is 0 Å². The Labute approximate surface area is 210 Å². The minimum Gasteiger partial charge on any atom is -0.481 e. The number of hydrogen-bond donors (Lipinski definition) is 3. The monoisotopic (exact) mass is 491 g/mol. The van der Waals surface area contributed by atoms with Crippen molar-refractivity contribution in [3.05, 3.63) is 88.7 Å². The van der Waals surface area contributed by atoms with Crippen molar-refractivity contribution in [3.8, 4) is 11.1 Å². The number of pyridine rings is 2. The number of hydrogen-bond acceptors (Lipinski definition) is 5. The zero-order chi connectivity index (χ0) is 25.6. The zero-order valence-electron chi connectivity index (χ0n) is 20.3. The summed E-state index contributed by atoms with van der Waals surface area (Å²) in [5.41, 5.74) is 4.92. The molecule has 0 unspecified atom stereocenters. The summed E-state index contributed by atoms with van der Waals surface area (Å²) in [4.78, 5) is 20.3. The van der Waals surface area contributed by atoms with Crippen molar-refractivity contribution in [1.29, 1.82) is 0 Å². The van der Waals surface area contributed by atoms with Crippen LogP contribution in [0.2, 0.25) is 5.02 Å². The van der Waals surface area contributed by atoms with Gasteiger partial charge in [-0.2, -0.15) is 0 Å². The quantitative estimate of drug-likeness (QED) is 0.294. The minimum atomic E-state index is -0.865. The first-order valence-electron chi connectivity index (χ1n) is 11.3. The van der Waals surface area contributed by atoms with E-state index in [9.17, 15) is 9.90 Å². The Bertz CT molecular complexity index is 1300. The van der Waals surface area contributed by atoms with Gasteiger partial charge in [-0.15, -0.1) is 0 Å². The number of carbonyl (C=O) groups is 1. The number of rotatable bonds is 6. The number of halogens is 1. The summed E-state index contributed by atoms with van der Waals surface area (Å²) in [6.07, 6.45) is 3.47. The largest absolute Gasteiger partial charge is 0.481 e. The van der Waals surface area contributed by atoms with Crippen molar-refractivity contribution < 1.29 is 15.0 Å². The molecule has 0 atom stereocenters. The SMILES string of the molecule is CC(C)(C)O.Cc1cc2nc(NCc3ccncc3)ccc2c(-c2ccc(Cl)cc2)c1CC(=O)O. The zero-order valence-corrected chi connectivity index (χ0v) is 21.1. The van der Waals surface area contributed by atoms with Crippen molar-refractivity contribution in [2.45, 2.75) is 46.3 Å². The van der Waals surface area contributed by atoms with Gasteiger partial charge in [-0.25, -0.2) is 4.98 Å². The van der Waals surface area contributed by atoms with Crippen molar-refractivity contribution in [1.82, 2.24) is 9.97 Å². The standard InChI is InChI=1S/C24H20ClN3O2.C4H10O/c1-15-12-21-19(6-7-22(28-21)27-14-16-8-10-26-11-9-16)24(20(15)13-23(29)30)17-2-4-18(25)5-3-17;1-4(2,3)5/h2-12H,13-14H2,1H3,(H,27,28)(H,29,30);5H,1-3H3. The first kappa shape index (κ1) is 26.1. The van der Waals surface area contributed by atoms with E-state index < -0.39 is 11.6 Å².